The molecular weight excluding hydrogens is 304 g/mol. The Bertz CT molecular complexity index is 727. The number of hydrogen-bond donors (Lipinski definition) is 1. The molecule has 0 fully saturated rings. The number of fused-ring (bicyclic) bond motifs is 1. The third-order valence-electron chi connectivity index (χ3n) is 4.77. The van der Waals surface area contributed by atoms with E-state index in [2.05, 4.69) is 31.1 Å². The van der Waals surface area contributed by atoms with E-state index < -0.39 is 0 Å². The summed E-state index contributed by atoms with van der Waals surface area (Å²) in [6, 6.07) is 7.65. The number of nitrogens with one attached hydrogen (secondary N) is 1. The zero-order valence-corrected chi connectivity index (χ0v) is 15.1. The zero-order chi connectivity index (χ0) is 16.6. The molecule has 122 valence electrons. The van der Waals surface area contributed by atoms with E-state index in [1.165, 1.54) is 17.0 Å². The van der Waals surface area contributed by atoms with E-state index >= 15 is 0 Å². The summed E-state index contributed by atoms with van der Waals surface area (Å²) in [6.07, 6.45) is 3.29. The molecule has 0 spiro atoms. The Morgan fingerprint density at radius 2 is 2.04 bits per heavy atom. The van der Waals surface area contributed by atoms with Gasteiger partial charge in [-0.1, -0.05) is 39.0 Å². The third kappa shape index (κ3) is 3.47. The summed E-state index contributed by atoms with van der Waals surface area (Å²) in [5.41, 5.74) is 3.20. The molecule has 1 N–H and O–H groups in total. The Hall–Kier alpha value is -1.68. The van der Waals surface area contributed by atoms with Crippen LogP contribution in [0.1, 0.15) is 53.7 Å². The summed E-state index contributed by atoms with van der Waals surface area (Å²) < 4.78 is 0. The molecule has 1 aliphatic rings. The van der Waals surface area contributed by atoms with Crippen LogP contribution >= 0.6 is 11.3 Å². The van der Waals surface area contributed by atoms with Crippen LogP contribution in [0.4, 0.5) is 5.13 Å². The quantitative estimate of drug-likeness (QED) is 0.856. The van der Waals surface area contributed by atoms with E-state index in [4.69, 9.17) is 0 Å². The molecule has 1 aromatic heterocycles. The lowest BCUT2D eigenvalue weighted by Crippen LogP contribution is -2.26. The van der Waals surface area contributed by atoms with Gasteiger partial charge in [0.05, 0.1) is 5.69 Å². The number of aromatic nitrogens is 1. The fourth-order valence-corrected chi connectivity index (χ4v) is 4.24. The summed E-state index contributed by atoms with van der Waals surface area (Å²) >= 11 is 1.64. The average molecular weight is 328 g/mol. The van der Waals surface area contributed by atoms with Crippen molar-refractivity contribution in [3.63, 3.8) is 0 Å². The Labute approximate surface area is 142 Å². The number of benzene rings is 1. The van der Waals surface area contributed by atoms with Gasteiger partial charge in [-0.3, -0.25) is 10.1 Å². The topological polar surface area (TPSA) is 42.0 Å². The molecule has 0 unspecified atom stereocenters. The van der Waals surface area contributed by atoms with Gasteiger partial charge in [0.25, 0.3) is 5.91 Å². The van der Waals surface area contributed by atoms with Crippen LogP contribution in [0.15, 0.2) is 24.3 Å². The molecule has 4 heteroatoms. The molecule has 0 bridgehead atoms. The number of aryl methyl sites for hydroxylation is 2. The highest BCUT2D eigenvalue weighted by atomic mass is 32.1. The number of rotatable bonds is 2. The molecule has 0 saturated heterocycles. The van der Waals surface area contributed by atoms with Crippen LogP contribution in [0.2, 0.25) is 0 Å². The van der Waals surface area contributed by atoms with Crippen molar-refractivity contribution in [1.82, 2.24) is 4.98 Å². The first-order valence-corrected chi connectivity index (χ1v) is 9.02. The molecule has 0 radical (unpaired) electrons. The zero-order valence-electron chi connectivity index (χ0n) is 14.3. The van der Waals surface area contributed by atoms with E-state index in [0.717, 1.165) is 23.5 Å². The van der Waals surface area contributed by atoms with Crippen LogP contribution in [-0.4, -0.2) is 10.9 Å². The van der Waals surface area contributed by atoms with Gasteiger partial charge in [-0.25, -0.2) is 4.98 Å². The van der Waals surface area contributed by atoms with Gasteiger partial charge in [0.15, 0.2) is 5.13 Å². The number of anilines is 1. The number of thiazole rings is 1. The summed E-state index contributed by atoms with van der Waals surface area (Å²) in [5, 5.41) is 3.71. The largest absolute Gasteiger partial charge is 0.298 e. The maximum atomic E-state index is 12.4. The molecule has 0 aliphatic heterocycles. The van der Waals surface area contributed by atoms with Crippen molar-refractivity contribution in [1.29, 1.82) is 0 Å². The van der Waals surface area contributed by atoms with Crippen molar-refractivity contribution in [3.05, 3.63) is 46.0 Å². The van der Waals surface area contributed by atoms with Crippen LogP contribution in [0, 0.1) is 18.3 Å². The first-order valence-electron chi connectivity index (χ1n) is 8.20. The van der Waals surface area contributed by atoms with Crippen molar-refractivity contribution in [2.45, 2.75) is 47.0 Å². The van der Waals surface area contributed by atoms with E-state index in [9.17, 15) is 4.79 Å². The highest BCUT2D eigenvalue weighted by molar-refractivity contribution is 7.15. The van der Waals surface area contributed by atoms with E-state index in [1.54, 1.807) is 11.3 Å². The summed E-state index contributed by atoms with van der Waals surface area (Å²) in [4.78, 5) is 18.4. The minimum absolute atomic E-state index is 0.0680. The third-order valence-corrected chi connectivity index (χ3v) is 5.81. The van der Waals surface area contributed by atoms with E-state index in [-0.39, 0.29) is 5.91 Å². The minimum Gasteiger partial charge on any atom is -0.298 e. The molecule has 1 aliphatic carbocycles. The molecule has 1 heterocycles. The highest BCUT2D eigenvalue weighted by Gasteiger charge is 2.30. The van der Waals surface area contributed by atoms with E-state index in [1.807, 2.05) is 31.2 Å². The van der Waals surface area contributed by atoms with Crippen LogP contribution in [0.3, 0.4) is 0 Å². The Morgan fingerprint density at radius 3 is 2.74 bits per heavy atom. The molecule has 1 amide bonds. The summed E-state index contributed by atoms with van der Waals surface area (Å²) in [5.74, 6) is 0.622. The smallest absolute Gasteiger partial charge is 0.257 e. The number of hydrogen-bond acceptors (Lipinski definition) is 3. The predicted molar refractivity (Wildman–Crippen MR) is 96.2 cm³/mol. The fraction of sp³-hybridized carbons (Fsp3) is 0.474. The Kier molecular flexibility index (Phi) is 4.28. The molecule has 23 heavy (non-hydrogen) atoms. The molecule has 3 nitrogen and oxygen atoms in total. The molecule has 0 saturated carbocycles. The second kappa shape index (κ2) is 6.08. The summed E-state index contributed by atoms with van der Waals surface area (Å²) in [6.45, 7) is 8.88. The van der Waals surface area contributed by atoms with Crippen molar-refractivity contribution >= 4 is 22.4 Å². The van der Waals surface area contributed by atoms with Gasteiger partial charge in [0.2, 0.25) is 0 Å². The van der Waals surface area contributed by atoms with Crippen LogP contribution in [-0.2, 0) is 12.8 Å². The second-order valence-corrected chi connectivity index (χ2v) is 8.55. The predicted octanol–water partition coefficient (Wildman–Crippen LogP) is 4.85. The Balaban J connectivity index is 1.76. The maximum Gasteiger partial charge on any atom is 0.257 e. The Morgan fingerprint density at radius 1 is 1.30 bits per heavy atom. The van der Waals surface area contributed by atoms with Gasteiger partial charge in [-0.2, -0.15) is 0 Å². The number of nitrogens with zero attached hydrogens (tertiary/aromatic N) is 1. The lowest BCUT2D eigenvalue weighted by molar-refractivity contribution is 0.102. The number of amides is 1. The average Bonchev–Trinajstić information content (AvgIpc) is 2.87. The first-order chi connectivity index (χ1) is 10.8. The van der Waals surface area contributed by atoms with Gasteiger partial charge >= 0.3 is 0 Å². The summed E-state index contributed by atoms with van der Waals surface area (Å²) in [7, 11) is 0. The van der Waals surface area contributed by atoms with Crippen LogP contribution in [0.25, 0.3) is 0 Å². The lowest BCUT2D eigenvalue weighted by Gasteiger charge is -2.33. The van der Waals surface area contributed by atoms with Crippen LogP contribution < -0.4 is 5.32 Å². The fourth-order valence-electron chi connectivity index (χ4n) is 3.16. The van der Waals surface area contributed by atoms with E-state index in [0.29, 0.717) is 16.9 Å². The van der Waals surface area contributed by atoms with Gasteiger partial charge in [0.1, 0.15) is 0 Å². The van der Waals surface area contributed by atoms with Crippen molar-refractivity contribution < 1.29 is 4.79 Å². The first kappa shape index (κ1) is 16.2. The van der Waals surface area contributed by atoms with Crippen molar-refractivity contribution in [3.8, 4) is 0 Å². The molecule has 3 rings (SSSR count). The van der Waals surface area contributed by atoms with Gasteiger partial charge in [-0.15, -0.1) is 11.3 Å². The normalized spacial score (nSPS) is 17.7. The highest BCUT2D eigenvalue weighted by Crippen LogP contribution is 2.40. The van der Waals surface area contributed by atoms with Crippen molar-refractivity contribution in [2.75, 3.05) is 5.32 Å². The standard InChI is InChI=1S/C19H24N2OS/c1-12-7-5-6-8-14(12)17(22)21-18-20-15-10-9-13(19(2,3)4)11-16(15)23-18/h5-8,13H,9-11H2,1-4H3,(H,20,21,22)/t13-/m1/s1. The molecule has 2 aromatic rings. The van der Waals surface area contributed by atoms with Crippen molar-refractivity contribution in [2.24, 2.45) is 11.3 Å². The minimum atomic E-state index is -0.0680. The second-order valence-electron chi connectivity index (χ2n) is 7.46. The lowest BCUT2D eigenvalue weighted by atomic mass is 9.73. The maximum absolute atomic E-state index is 12.4. The number of carbonyl (C=O) groups excluding carboxylic acids is 1. The molecule has 1 atom stereocenters. The van der Waals surface area contributed by atoms with Gasteiger partial charge in [0, 0.05) is 10.4 Å². The number of carbonyl (C=O) groups is 1. The van der Waals surface area contributed by atoms with Crippen LogP contribution in [0.5, 0.6) is 0 Å². The molecule has 1 aromatic carbocycles. The van der Waals surface area contributed by atoms with Gasteiger partial charge in [-0.05, 0) is 49.1 Å². The molecular formula is C19H24N2OS. The SMILES string of the molecule is Cc1ccccc1C(=O)Nc1nc2c(s1)C[C@H](C(C)(C)C)CC2. The van der Waals surface area contributed by atoms with Gasteiger partial charge < -0.3 is 0 Å². The monoisotopic (exact) mass is 328 g/mol.